The second-order valence-corrected chi connectivity index (χ2v) is 4.95. The average molecular weight is 337 g/mol. The molecule has 0 unspecified atom stereocenters. The summed E-state index contributed by atoms with van der Waals surface area (Å²) in [5.74, 6) is -0.257. The first-order chi connectivity index (χ1) is 10.7. The molecule has 2 aromatic heterocycles. The summed E-state index contributed by atoms with van der Waals surface area (Å²) in [6, 6.07) is 7.31. The molecule has 0 aliphatic carbocycles. The van der Waals surface area contributed by atoms with Gasteiger partial charge in [0.1, 0.15) is 17.6 Å². The van der Waals surface area contributed by atoms with Gasteiger partial charge in [-0.3, -0.25) is 14.2 Å². The zero-order valence-electron chi connectivity index (χ0n) is 12.3. The molecular weight excluding hydrogens is 320 g/mol. The molecule has 122 valence electrons. The number of para-hydroxylation sites is 1. The maximum atomic E-state index is 12.4. The Morgan fingerprint density at radius 2 is 2.13 bits per heavy atom. The van der Waals surface area contributed by atoms with Crippen molar-refractivity contribution in [2.45, 2.75) is 13.0 Å². The molecule has 0 saturated carbocycles. The van der Waals surface area contributed by atoms with Crippen LogP contribution in [-0.2, 0) is 11.3 Å². The summed E-state index contributed by atoms with van der Waals surface area (Å²) in [5.41, 5.74) is 6.28. The predicted molar refractivity (Wildman–Crippen MR) is 89.7 cm³/mol. The number of nitrogens with two attached hydrogens (primary N) is 1. The number of carbonyl (C=O) groups excluding carboxylic acids is 1. The van der Waals surface area contributed by atoms with Gasteiger partial charge in [-0.05, 0) is 25.1 Å². The Kier molecular flexibility index (Phi) is 5.36. The van der Waals surface area contributed by atoms with Gasteiger partial charge in [0.05, 0.1) is 6.33 Å². The van der Waals surface area contributed by atoms with Crippen LogP contribution in [0.1, 0.15) is 6.42 Å². The average Bonchev–Trinajstić information content (AvgIpc) is 2.90. The Balaban J connectivity index is 0.00000192. The maximum Gasteiger partial charge on any atom is 0.297 e. The summed E-state index contributed by atoms with van der Waals surface area (Å²) < 4.78 is 6.80. The molecule has 0 atom stereocenters. The van der Waals surface area contributed by atoms with E-state index in [-0.39, 0.29) is 36.0 Å². The van der Waals surface area contributed by atoms with Gasteiger partial charge in [0.15, 0.2) is 0 Å². The van der Waals surface area contributed by atoms with Gasteiger partial charge in [0, 0.05) is 11.9 Å². The Bertz CT molecular complexity index is 887. The molecule has 1 aromatic carbocycles. The van der Waals surface area contributed by atoms with Gasteiger partial charge in [-0.25, -0.2) is 4.98 Å². The van der Waals surface area contributed by atoms with E-state index >= 15 is 0 Å². The molecule has 7 nitrogen and oxygen atoms in total. The molecule has 1 amide bonds. The lowest BCUT2D eigenvalue weighted by Crippen LogP contribution is -2.33. The third-order valence-corrected chi connectivity index (χ3v) is 3.37. The van der Waals surface area contributed by atoms with E-state index in [1.807, 2.05) is 18.2 Å². The molecule has 3 aromatic rings. The van der Waals surface area contributed by atoms with Crippen LogP contribution in [0.2, 0.25) is 0 Å². The number of amides is 1. The molecule has 0 fully saturated rings. The van der Waals surface area contributed by atoms with E-state index in [1.165, 1.54) is 10.9 Å². The fraction of sp³-hybridized carbons (Fsp3) is 0.267. The highest BCUT2D eigenvalue weighted by molar-refractivity contribution is 6.01. The van der Waals surface area contributed by atoms with Crippen LogP contribution < -0.4 is 16.6 Å². The minimum atomic E-state index is -0.366. The van der Waals surface area contributed by atoms with E-state index in [2.05, 4.69) is 10.3 Å². The second kappa shape index (κ2) is 7.26. The van der Waals surface area contributed by atoms with Gasteiger partial charge < -0.3 is 15.5 Å². The topological polar surface area (TPSA) is 103 Å². The van der Waals surface area contributed by atoms with Gasteiger partial charge in [-0.2, -0.15) is 0 Å². The summed E-state index contributed by atoms with van der Waals surface area (Å²) in [5, 5.41) is 3.48. The standard InChI is InChI=1S/C15H16N4O3.ClH/c16-6-3-7-17-12(20)8-19-9-18-13-10-4-1-2-5-11(10)22-14(13)15(19)21;/h1-2,4-5,9H,3,6-8,16H2,(H,17,20);1H. The number of hydrogen-bond donors (Lipinski definition) is 2. The third-order valence-electron chi connectivity index (χ3n) is 3.37. The number of aromatic nitrogens is 2. The quantitative estimate of drug-likeness (QED) is 0.677. The molecule has 3 rings (SSSR count). The van der Waals surface area contributed by atoms with Gasteiger partial charge in [0.2, 0.25) is 11.5 Å². The minimum Gasteiger partial charge on any atom is -0.448 e. The van der Waals surface area contributed by atoms with Crippen LogP contribution in [-0.4, -0.2) is 28.5 Å². The highest BCUT2D eigenvalue weighted by Gasteiger charge is 2.14. The van der Waals surface area contributed by atoms with Gasteiger partial charge in [0.25, 0.3) is 5.56 Å². The summed E-state index contributed by atoms with van der Waals surface area (Å²) in [4.78, 5) is 28.4. The highest BCUT2D eigenvalue weighted by Crippen LogP contribution is 2.23. The van der Waals surface area contributed by atoms with E-state index in [4.69, 9.17) is 10.2 Å². The third kappa shape index (κ3) is 3.35. The smallest absolute Gasteiger partial charge is 0.297 e. The Hall–Kier alpha value is -2.38. The molecule has 0 bridgehead atoms. The first-order valence-electron chi connectivity index (χ1n) is 7.04. The lowest BCUT2D eigenvalue weighted by atomic mass is 10.2. The fourth-order valence-corrected chi connectivity index (χ4v) is 2.27. The molecule has 0 radical (unpaired) electrons. The van der Waals surface area contributed by atoms with E-state index in [1.54, 1.807) is 6.07 Å². The van der Waals surface area contributed by atoms with Crippen molar-refractivity contribution in [2.75, 3.05) is 13.1 Å². The molecular formula is C15H17ClN4O3. The van der Waals surface area contributed by atoms with E-state index in [9.17, 15) is 9.59 Å². The Morgan fingerprint density at radius 1 is 1.35 bits per heavy atom. The summed E-state index contributed by atoms with van der Waals surface area (Å²) in [6.45, 7) is 0.903. The first kappa shape index (κ1) is 17.0. The van der Waals surface area contributed by atoms with E-state index in [0.717, 1.165) is 5.39 Å². The fourth-order valence-electron chi connectivity index (χ4n) is 2.27. The van der Waals surface area contributed by atoms with Crippen molar-refractivity contribution in [2.24, 2.45) is 5.73 Å². The number of halogens is 1. The van der Waals surface area contributed by atoms with E-state index < -0.39 is 0 Å². The number of carbonyl (C=O) groups is 1. The van der Waals surface area contributed by atoms with Crippen LogP contribution in [0.15, 0.2) is 39.8 Å². The molecule has 8 heteroatoms. The van der Waals surface area contributed by atoms with Crippen LogP contribution >= 0.6 is 12.4 Å². The van der Waals surface area contributed by atoms with Crippen LogP contribution in [0.3, 0.4) is 0 Å². The molecule has 2 heterocycles. The highest BCUT2D eigenvalue weighted by atomic mass is 35.5. The van der Waals surface area contributed by atoms with Crippen molar-refractivity contribution >= 4 is 40.4 Å². The van der Waals surface area contributed by atoms with Crippen molar-refractivity contribution in [3.63, 3.8) is 0 Å². The second-order valence-electron chi connectivity index (χ2n) is 4.95. The van der Waals surface area contributed by atoms with Crippen molar-refractivity contribution in [3.8, 4) is 0 Å². The summed E-state index contributed by atoms with van der Waals surface area (Å²) in [6.07, 6.45) is 2.07. The number of nitrogens with zero attached hydrogens (tertiary/aromatic N) is 2. The SMILES string of the molecule is Cl.NCCCNC(=O)Cn1cnc2c(oc3ccccc32)c1=O. The number of hydrogen-bond acceptors (Lipinski definition) is 5. The number of rotatable bonds is 5. The Morgan fingerprint density at radius 3 is 2.91 bits per heavy atom. The molecule has 3 N–H and O–H groups in total. The van der Waals surface area contributed by atoms with E-state index in [0.29, 0.717) is 30.6 Å². The Labute approximate surface area is 137 Å². The maximum absolute atomic E-state index is 12.4. The zero-order chi connectivity index (χ0) is 15.5. The number of benzene rings is 1. The van der Waals surface area contributed by atoms with Crippen molar-refractivity contribution in [1.29, 1.82) is 0 Å². The summed E-state index contributed by atoms with van der Waals surface area (Å²) in [7, 11) is 0. The molecule has 0 saturated heterocycles. The van der Waals surface area contributed by atoms with Crippen LogP contribution in [0.4, 0.5) is 0 Å². The largest absolute Gasteiger partial charge is 0.448 e. The normalized spacial score (nSPS) is 10.7. The van der Waals surface area contributed by atoms with Gasteiger partial charge >= 0.3 is 0 Å². The predicted octanol–water partition coefficient (Wildman–Crippen LogP) is 1.03. The molecule has 0 spiro atoms. The molecule has 23 heavy (non-hydrogen) atoms. The lowest BCUT2D eigenvalue weighted by Gasteiger charge is -2.06. The van der Waals surface area contributed by atoms with Crippen LogP contribution in [0.5, 0.6) is 0 Å². The van der Waals surface area contributed by atoms with Crippen LogP contribution in [0, 0.1) is 0 Å². The number of fused-ring (bicyclic) bond motifs is 3. The monoisotopic (exact) mass is 336 g/mol. The van der Waals surface area contributed by atoms with Gasteiger partial charge in [-0.1, -0.05) is 12.1 Å². The first-order valence-corrected chi connectivity index (χ1v) is 7.04. The van der Waals surface area contributed by atoms with Crippen LogP contribution in [0.25, 0.3) is 22.1 Å². The van der Waals surface area contributed by atoms with Crippen molar-refractivity contribution in [1.82, 2.24) is 14.9 Å². The van der Waals surface area contributed by atoms with Gasteiger partial charge in [-0.15, -0.1) is 12.4 Å². The molecule has 0 aliphatic rings. The zero-order valence-corrected chi connectivity index (χ0v) is 13.1. The molecule has 0 aliphatic heterocycles. The summed E-state index contributed by atoms with van der Waals surface area (Å²) >= 11 is 0. The van der Waals surface area contributed by atoms with Crippen molar-refractivity contribution < 1.29 is 9.21 Å². The number of furan rings is 1. The van der Waals surface area contributed by atoms with Crippen molar-refractivity contribution in [3.05, 3.63) is 40.9 Å². The number of nitrogens with one attached hydrogen (secondary N) is 1. The lowest BCUT2D eigenvalue weighted by molar-refractivity contribution is -0.121. The minimum absolute atomic E-state index is 0.